The quantitative estimate of drug-likeness (QED) is 0.759. The van der Waals surface area contributed by atoms with Crippen LogP contribution in [0.5, 0.6) is 17.4 Å². The molecular weight excluding hydrogens is 295 g/mol. The molecule has 116 valence electrons. The molecule has 1 aliphatic rings. The van der Waals surface area contributed by atoms with Crippen molar-refractivity contribution in [2.24, 2.45) is 0 Å². The smallest absolute Gasteiger partial charge is 0.241 e. The summed E-state index contributed by atoms with van der Waals surface area (Å²) in [5, 5.41) is 0. The third kappa shape index (κ3) is 2.08. The van der Waals surface area contributed by atoms with Gasteiger partial charge in [-0.25, -0.2) is 4.39 Å². The summed E-state index contributed by atoms with van der Waals surface area (Å²) in [6.07, 6.45) is 0. The molecule has 0 radical (unpaired) electrons. The molecule has 0 saturated carbocycles. The highest BCUT2D eigenvalue weighted by Crippen LogP contribution is 2.47. The Hall–Kier alpha value is -2.82. The van der Waals surface area contributed by atoms with E-state index in [-0.39, 0.29) is 11.7 Å². The molecule has 0 bridgehead atoms. The predicted octanol–water partition coefficient (Wildman–Crippen LogP) is 4.48. The first-order chi connectivity index (χ1) is 11.2. The van der Waals surface area contributed by atoms with Gasteiger partial charge in [-0.05, 0) is 18.2 Å². The number of ether oxygens (including phenoxy) is 2. The maximum atomic E-state index is 14.0. The molecule has 0 spiro atoms. The van der Waals surface area contributed by atoms with Gasteiger partial charge in [0.1, 0.15) is 11.6 Å². The molecule has 0 aliphatic carbocycles. The van der Waals surface area contributed by atoms with Crippen LogP contribution in [0, 0.1) is 5.82 Å². The average molecular weight is 310 g/mol. The molecule has 23 heavy (non-hydrogen) atoms. The second-order valence-electron chi connectivity index (χ2n) is 5.49. The van der Waals surface area contributed by atoms with Gasteiger partial charge in [-0.15, -0.1) is 0 Å². The lowest BCUT2D eigenvalue weighted by Crippen LogP contribution is -2.08. The molecule has 2 aromatic carbocycles. The maximum Gasteiger partial charge on any atom is 0.241 e. The predicted molar refractivity (Wildman–Crippen MR) is 84.6 cm³/mol. The van der Waals surface area contributed by atoms with Crippen molar-refractivity contribution in [1.29, 1.82) is 0 Å². The Morgan fingerprint density at radius 3 is 2.78 bits per heavy atom. The van der Waals surface area contributed by atoms with Gasteiger partial charge < -0.3 is 14.5 Å². The fraction of sp³-hybridized carbons (Fsp3) is 0.167. The van der Waals surface area contributed by atoms with Crippen LogP contribution in [0.3, 0.4) is 0 Å². The normalized spacial score (nSPS) is 15.5. The van der Waals surface area contributed by atoms with E-state index in [0.29, 0.717) is 28.8 Å². The van der Waals surface area contributed by atoms with E-state index in [4.69, 9.17) is 9.47 Å². The molecule has 0 unspecified atom stereocenters. The summed E-state index contributed by atoms with van der Waals surface area (Å²) >= 11 is 0. The molecule has 1 N–H and O–H groups in total. The number of nitrogens with one attached hydrogen (secondary N) is 1. The zero-order valence-electron chi connectivity index (χ0n) is 12.8. The summed E-state index contributed by atoms with van der Waals surface area (Å²) in [5.74, 6) is 2.00. The van der Waals surface area contributed by atoms with Crippen LogP contribution < -0.4 is 9.47 Å². The molecule has 4 rings (SSSR count). The van der Waals surface area contributed by atoms with Crippen LogP contribution in [0.2, 0.25) is 0 Å². The lowest BCUT2D eigenvalue weighted by atomic mass is 9.95. The fourth-order valence-electron chi connectivity index (χ4n) is 2.92. The molecular formula is C18H15FN2O2. The number of imidazole rings is 1. The minimum Gasteiger partial charge on any atom is -0.493 e. The first kappa shape index (κ1) is 13.8. The highest BCUT2D eigenvalue weighted by atomic mass is 19.1. The second kappa shape index (κ2) is 5.12. The topological polar surface area (TPSA) is 47.1 Å². The van der Waals surface area contributed by atoms with Gasteiger partial charge in [0.15, 0.2) is 11.5 Å². The Labute approximate surface area is 132 Å². The molecule has 1 aliphatic heterocycles. The van der Waals surface area contributed by atoms with E-state index >= 15 is 0 Å². The van der Waals surface area contributed by atoms with Crippen molar-refractivity contribution in [3.8, 4) is 28.8 Å². The fourth-order valence-corrected chi connectivity index (χ4v) is 2.92. The molecule has 4 nitrogen and oxygen atoms in total. The van der Waals surface area contributed by atoms with Crippen LogP contribution in [0.1, 0.15) is 24.1 Å². The van der Waals surface area contributed by atoms with Gasteiger partial charge in [0, 0.05) is 11.5 Å². The average Bonchev–Trinajstić information content (AvgIpc) is 2.99. The highest BCUT2D eigenvalue weighted by molar-refractivity contribution is 5.61. The van der Waals surface area contributed by atoms with Crippen molar-refractivity contribution in [3.63, 3.8) is 0 Å². The number of methoxy groups -OCH3 is 1. The monoisotopic (exact) mass is 310 g/mol. The largest absolute Gasteiger partial charge is 0.493 e. The third-order valence-corrected chi connectivity index (χ3v) is 4.15. The Balaban J connectivity index is 1.83. The van der Waals surface area contributed by atoms with E-state index in [9.17, 15) is 4.39 Å². The van der Waals surface area contributed by atoms with Crippen molar-refractivity contribution in [3.05, 3.63) is 59.5 Å². The molecule has 5 heteroatoms. The van der Waals surface area contributed by atoms with Gasteiger partial charge in [-0.3, -0.25) is 0 Å². The summed E-state index contributed by atoms with van der Waals surface area (Å²) in [4.78, 5) is 7.64. The molecule has 0 saturated heterocycles. The van der Waals surface area contributed by atoms with Gasteiger partial charge in [-0.2, -0.15) is 4.98 Å². The summed E-state index contributed by atoms with van der Waals surface area (Å²) in [5.41, 5.74) is 2.28. The summed E-state index contributed by atoms with van der Waals surface area (Å²) in [6, 6.07) is 12.3. The number of aromatic nitrogens is 2. The van der Waals surface area contributed by atoms with Crippen LogP contribution in [-0.4, -0.2) is 17.1 Å². The van der Waals surface area contributed by atoms with E-state index in [2.05, 4.69) is 16.9 Å². The SMILES string of the molecule is COc1cccc2c1Oc1nc(-c3ccccc3F)[nH]c1[C@H]2C. The molecule has 3 aromatic rings. The summed E-state index contributed by atoms with van der Waals surface area (Å²) in [6.45, 7) is 2.06. The van der Waals surface area contributed by atoms with Crippen LogP contribution in [0.15, 0.2) is 42.5 Å². The Morgan fingerprint density at radius 1 is 1.17 bits per heavy atom. The molecule has 1 aromatic heterocycles. The van der Waals surface area contributed by atoms with E-state index < -0.39 is 0 Å². The Bertz CT molecular complexity index is 888. The lowest BCUT2D eigenvalue weighted by molar-refractivity contribution is 0.363. The number of H-pyrrole nitrogens is 1. The zero-order chi connectivity index (χ0) is 16.0. The number of benzene rings is 2. The van der Waals surface area contributed by atoms with Crippen molar-refractivity contribution in [1.82, 2.24) is 9.97 Å². The van der Waals surface area contributed by atoms with Gasteiger partial charge >= 0.3 is 0 Å². The van der Waals surface area contributed by atoms with E-state index in [1.807, 2.05) is 18.2 Å². The van der Waals surface area contributed by atoms with Crippen LogP contribution in [0.4, 0.5) is 4.39 Å². The van der Waals surface area contributed by atoms with Crippen LogP contribution in [-0.2, 0) is 0 Å². The first-order valence-corrected chi connectivity index (χ1v) is 7.38. The second-order valence-corrected chi connectivity index (χ2v) is 5.49. The number of aromatic amines is 1. The van der Waals surface area contributed by atoms with E-state index in [1.54, 1.807) is 25.3 Å². The van der Waals surface area contributed by atoms with Crippen LogP contribution in [0.25, 0.3) is 11.4 Å². The highest BCUT2D eigenvalue weighted by Gasteiger charge is 2.30. The van der Waals surface area contributed by atoms with Gasteiger partial charge in [0.2, 0.25) is 5.88 Å². The standard InChI is InChI=1S/C18H15FN2O2/c1-10-11-7-5-9-14(22-2)16(11)23-18-15(10)20-17(21-18)12-6-3-4-8-13(12)19/h3-10H,1-2H3,(H,20,21)/t10-/m0/s1. The van der Waals surface area contributed by atoms with E-state index in [1.165, 1.54) is 6.07 Å². The van der Waals surface area contributed by atoms with Gasteiger partial charge in [0.25, 0.3) is 0 Å². The Kier molecular flexibility index (Phi) is 3.08. The first-order valence-electron chi connectivity index (χ1n) is 7.38. The molecule has 1 atom stereocenters. The number of nitrogens with zero attached hydrogens (tertiary/aromatic N) is 1. The summed E-state index contributed by atoms with van der Waals surface area (Å²) in [7, 11) is 1.61. The molecule has 0 amide bonds. The number of fused-ring (bicyclic) bond motifs is 2. The minimum atomic E-state index is -0.318. The maximum absolute atomic E-state index is 14.0. The minimum absolute atomic E-state index is 0.0527. The van der Waals surface area contributed by atoms with Gasteiger partial charge in [0.05, 0.1) is 18.4 Å². The number of para-hydroxylation sites is 1. The van der Waals surface area contributed by atoms with Crippen LogP contribution >= 0.6 is 0 Å². The molecule has 2 heterocycles. The zero-order valence-corrected chi connectivity index (χ0v) is 12.8. The van der Waals surface area contributed by atoms with E-state index in [0.717, 1.165) is 11.3 Å². The molecule has 0 fully saturated rings. The number of rotatable bonds is 2. The third-order valence-electron chi connectivity index (χ3n) is 4.15. The number of hydrogen-bond acceptors (Lipinski definition) is 3. The van der Waals surface area contributed by atoms with Crippen molar-refractivity contribution < 1.29 is 13.9 Å². The summed E-state index contributed by atoms with van der Waals surface area (Å²) < 4.78 is 25.3. The Morgan fingerprint density at radius 2 is 2.00 bits per heavy atom. The number of halogens is 1. The van der Waals surface area contributed by atoms with Crippen molar-refractivity contribution >= 4 is 0 Å². The van der Waals surface area contributed by atoms with Crippen molar-refractivity contribution in [2.45, 2.75) is 12.8 Å². The van der Waals surface area contributed by atoms with Gasteiger partial charge in [-0.1, -0.05) is 31.2 Å². The number of hydrogen-bond donors (Lipinski definition) is 1. The lowest BCUT2D eigenvalue weighted by Gasteiger charge is -2.23. The van der Waals surface area contributed by atoms with Crippen molar-refractivity contribution in [2.75, 3.05) is 7.11 Å².